The molecule has 0 saturated heterocycles. The molecule has 5 heteroatoms. The van der Waals surface area contributed by atoms with E-state index in [4.69, 9.17) is 0 Å². The van der Waals surface area contributed by atoms with Crippen LogP contribution in [-0.4, -0.2) is 24.8 Å². The highest BCUT2D eigenvalue weighted by Gasteiger charge is 2.36. The minimum absolute atomic E-state index is 0.0230. The van der Waals surface area contributed by atoms with E-state index in [1.165, 1.54) is 0 Å². The van der Waals surface area contributed by atoms with Crippen molar-refractivity contribution in [3.63, 3.8) is 0 Å². The van der Waals surface area contributed by atoms with Gasteiger partial charge in [-0.25, -0.2) is 8.42 Å². The smallest absolute Gasteiger partial charge is 0.181 e. The Hall–Kier alpha value is -1.85. The molecule has 2 aromatic carbocycles. The summed E-state index contributed by atoms with van der Waals surface area (Å²) in [6, 6.07) is 17.3. The lowest BCUT2D eigenvalue weighted by Crippen LogP contribution is -2.33. The summed E-state index contributed by atoms with van der Waals surface area (Å²) in [7, 11) is -3.39. The molecule has 0 radical (unpaired) electrons. The summed E-state index contributed by atoms with van der Waals surface area (Å²) >= 11 is 0. The van der Waals surface area contributed by atoms with E-state index >= 15 is 0 Å². The summed E-state index contributed by atoms with van der Waals surface area (Å²) in [6.07, 6.45) is 5.85. The van der Waals surface area contributed by atoms with Crippen LogP contribution in [0.25, 0.3) is 0 Å². The molecule has 3 rings (SSSR count). The van der Waals surface area contributed by atoms with E-state index < -0.39 is 15.9 Å². The molecule has 2 aromatic rings. The van der Waals surface area contributed by atoms with Crippen molar-refractivity contribution < 1.29 is 13.5 Å². The van der Waals surface area contributed by atoms with Crippen LogP contribution in [-0.2, 0) is 9.84 Å². The van der Waals surface area contributed by atoms with Gasteiger partial charge in [-0.1, -0.05) is 70.4 Å². The molecule has 5 unspecified atom stereocenters. The molecule has 0 spiro atoms. The number of unbranched alkanes of at least 4 members (excludes halogenated alkanes) is 1. The highest BCUT2D eigenvalue weighted by molar-refractivity contribution is 7.92. The predicted molar refractivity (Wildman–Crippen MR) is 133 cm³/mol. The van der Waals surface area contributed by atoms with Crippen molar-refractivity contribution in [1.29, 1.82) is 0 Å². The fourth-order valence-electron chi connectivity index (χ4n) is 5.16. The van der Waals surface area contributed by atoms with E-state index in [0.717, 1.165) is 50.6 Å². The van der Waals surface area contributed by atoms with Gasteiger partial charge in [0.15, 0.2) is 9.84 Å². The minimum Gasteiger partial charge on any atom is -0.388 e. The molecule has 1 saturated carbocycles. The van der Waals surface area contributed by atoms with Gasteiger partial charge in [-0.2, -0.15) is 0 Å². The van der Waals surface area contributed by atoms with Crippen molar-refractivity contribution in [2.45, 2.75) is 88.0 Å². The van der Waals surface area contributed by atoms with E-state index in [1.807, 2.05) is 43.3 Å². The molecule has 4 nitrogen and oxygen atoms in total. The summed E-state index contributed by atoms with van der Waals surface area (Å²) in [6.45, 7) is 6.31. The van der Waals surface area contributed by atoms with Gasteiger partial charge in [-0.05, 0) is 61.4 Å². The quantitative estimate of drug-likeness (QED) is 0.411. The maximum atomic E-state index is 13.3. The first kappa shape index (κ1) is 24.8. The molecule has 0 amide bonds. The van der Waals surface area contributed by atoms with Crippen LogP contribution in [0.15, 0.2) is 59.5 Å². The zero-order chi connectivity index (χ0) is 23.1. The third-order valence-electron chi connectivity index (χ3n) is 7.10. The molecule has 0 heterocycles. The predicted octanol–water partition coefficient (Wildman–Crippen LogP) is 6.38. The van der Waals surface area contributed by atoms with Gasteiger partial charge < -0.3 is 10.4 Å². The summed E-state index contributed by atoms with van der Waals surface area (Å²) in [5.41, 5.74) is 1.74. The molecule has 1 fully saturated rings. The van der Waals surface area contributed by atoms with Gasteiger partial charge in [0, 0.05) is 17.6 Å². The first-order valence-corrected chi connectivity index (χ1v) is 13.8. The second-order valence-electron chi connectivity index (χ2n) is 9.34. The Bertz CT molecular complexity index is 944. The van der Waals surface area contributed by atoms with Crippen LogP contribution in [0, 0.1) is 11.8 Å². The van der Waals surface area contributed by atoms with Crippen molar-refractivity contribution in [2.24, 2.45) is 11.8 Å². The van der Waals surface area contributed by atoms with Crippen LogP contribution in [0.1, 0.15) is 77.4 Å². The summed E-state index contributed by atoms with van der Waals surface area (Å²) in [5, 5.41) is 14.7. The number of aliphatic hydroxyl groups excluding tert-OH is 1. The minimum atomic E-state index is -3.39. The van der Waals surface area contributed by atoms with E-state index in [9.17, 15) is 13.5 Å². The second-order valence-corrected chi connectivity index (χ2v) is 11.5. The fraction of sp³-hybridized carbons (Fsp3) is 0.556. The number of sulfone groups is 1. The maximum absolute atomic E-state index is 13.3. The number of rotatable bonds is 11. The Kier molecular flexibility index (Phi) is 8.78. The zero-order valence-electron chi connectivity index (χ0n) is 19.7. The molecule has 0 aromatic heterocycles. The fourth-order valence-corrected chi connectivity index (χ4v) is 7.31. The molecule has 1 aliphatic carbocycles. The molecule has 1 aliphatic rings. The summed E-state index contributed by atoms with van der Waals surface area (Å²) < 4.78 is 26.6. The Morgan fingerprint density at radius 3 is 2.44 bits per heavy atom. The number of nitrogens with one attached hydrogen (secondary N) is 1. The first-order chi connectivity index (χ1) is 15.4. The zero-order valence-corrected chi connectivity index (χ0v) is 20.5. The highest BCUT2D eigenvalue weighted by atomic mass is 32.2. The molecule has 176 valence electrons. The Morgan fingerprint density at radius 2 is 1.81 bits per heavy atom. The Labute approximate surface area is 194 Å². The van der Waals surface area contributed by atoms with Crippen LogP contribution < -0.4 is 5.32 Å². The largest absolute Gasteiger partial charge is 0.388 e. The van der Waals surface area contributed by atoms with Crippen molar-refractivity contribution >= 4 is 15.5 Å². The summed E-state index contributed by atoms with van der Waals surface area (Å²) in [5.74, 6) is 0.163. The normalized spacial score (nSPS) is 21.8. The third-order valence-corrected chi connectivity index (χ3v) is 9.51. The van der Waals surface area contributed by atoms with Crippen LogP contribution >= 0.6 is 0 Å². The average molecular weight is 458 g/mol. The van der Waals surface area contributed by atoms with Gasteiger partial charge in [-0.15, -0.1) is 0 Å². The van der Waals surface area contributed by atoms with Crippen LogP contribution in [0.4, 0.5) is 5.69 Å². The lowest BCUT2D eigenvalue weighted by atomic mass is 9.84. The van der Waals surface area contributed by atoms with E-state index in [-0.39, 0.29) is 23.1 Å². The number of anilines is 1. The molecule has 5 atom stereocenters. The monoisotopic (exact) mass is 457 g/mol. The Balaban J connectivity index is 1.86. The van der Waals surface area contributed by atoms with E-state index in [0.29, 0.717) is 10.5 Å². The summed E-state index contributed by atoms with van der Waals surface area (Å²) in [4.78, 5) is 0.351. The number of hydrogen-bond acceptors (Lipinski definition) is 4. The molecule has 0 aliphatic heterocycles. The molecule has 2 N–H and O–H groups in total. The van der Waals surface area contributed by atoms with Crippen molar-refractivity contribution in [2.75, 3.05) is 5.32 Å². The number of hydrogen-bond donors (Lipinski definition) is 2. The van der Waals surface area contributed by atoms with Gasteiger partial charge >= 0.3 is 0 Å². The Morgan fingerprint density at radius 1 is 1.06 bits per heavy atom. The topological polar surface area (TPSA) is 66.4 Å². The van der Waals surface area contributed by atoms with Gasteiger partial charge in [0.2, 0.25) is 0 Å². The lowest BCUT2D eigenvalue weighted by molar-refractivity contribution is 0.0915. The maximum Gasteiger partial charge on any atom is 0.181 e. The molecular formula is C27H39NO3S. The van der Waals surface area contributed by atoms with Crippen molar-refractivity contribution in [3.8, 4) is 0 Å². The highest BCUT2D eigenvalue weighted by Crippen LogP contribution is 2.36. The van der Waals surface area contributed by atoms with Crippen LogP contribution in [0.3, 0.4) is 0 Å². The van der Waals surface area contributed by atoms with Gasteiger partial charge in [0.1, 0.15) is 0 Å². The molecular weight excluding hydrogens is 418 g/mol. The number of benzene rings is 2. The van der Waals surface area contributed by atoms with E-state index in [2.05, 4.69) is 19.2 Å². The van der Waals surface area contributed by atoms with Crippen LogP contribution in [0.2, 0.25) is 0 Å². The second kappa shape index (κ2) is 11.3. The average Bonchev–Trinajstić information content (AvgIpc) is 3.25. The van der Waals surface area contributed by atoms with Gasteiger partial charge in [0.25, 0.3) is 0 Å². The standard InChI is InChI=1S/C27H39NO3S/c1-4-6-17-25(28-22-14-8-7-9-15-22)24(5-2)27(29)21-13-11-16-23(19-21)32(30,31)26-18-10-12-20(26)3/h7-9,11,13-16,19-20,24-29H,4-6,10,12,17-18H2,1-3H3. The van der Waals surface area contributed by atoms with E-state index in [1.54, 1.807) is 18.2 Å². The first-order valence-electron chi connectivity index (χ1n) is 12.2. The van der Waals surface area contributed by atoms with Crippen molar-refractivity contribution in [3.05, 3.63) is 60.2 Å². The van der Waals surface area contributed by atoms with Gasteiger partial charge in [-0.3, -0.25) is 0 Å². The number of para-hydroxylation sites is 1. The molecule has 0 bridgehead atoms. The number of aliphatic hydroxyl groups is 1. The molecule has 32 heavy (non-hydrogen) atoms. The van der Waals surface area contributed by atoms with Crippen molar-refractivity contribution in [1.82, 2.24) is 0 Å². The SMILES string of the molecule is CCCCC(Nc1ccccc1)C(CC)C(O)c1cccc(S(=O)(=O)C2CCCC2C)c1. The third kappa shape index (κ3) is 5.74. The lowest BCUT2D eigenvalue weighted by Gasteiger charge is -2.32. The van der Waals surface area contributed by atoms with Gasteiger partial charge in [0.05, 0.1) is 16.2 Å². The van der Waals surface area contributed by atoms with Crippen LogP contribution in [0.5, 0.6) is 0 Å².